The van der Waals surface area contributed by atoms with Gasteiger partial charge in [0.05, 0.1) is 0 Å². The third-order valence-corrected chi connectivity index (χ3v) is 9.62. The van der Waals surface area contributed by atoms with Crippen molar-refractivity contribution in [3.8, 4) is 55.9 Å². The molecule has 2 heterocycles. The van der Waals surface area contributed by atoms with Gasteiger partial charge in [-0.2, -0.15) is 0 Å². The van der Waals surface area contributed by atoms with Crippen LogP contribution in [-0.2, 0) is 26.5 Å². The van der Waals surface area contributed by atoms with Gasteiger partial charge in [-0.15, -0.1) is 70.3 Å². The quantitative estimate of drug-likeness (QED) is 0.156. The van der Waals surface area contributed by atoms with E-state index < -0.39 is 5.41 Å². The van der Waals surface area contributed by atoms with Gasteiger partial charge in [0.15, 0.2) is 0 Å². The third-order valence-electron chi connectivity index (χ3n) is 9.62. The molecule has 2 nitrogen and oxygen atoms in total. The molecule has 1 aliphatic carbocycles. The summed E-state index contributed by atoms with van der Waals surface area (Å²) in [6, 6.07) is 67.8. The zero-order valence-electron chi connectivity index (χ0n) is 27.0. The summed E-state index contributed by atoms with van der Waals surface area (Å²) in [5.41, 5.74) is 14.5. The van der Waals surface area contributed by atoms with Crippen LogP contribution in [0.15, 0.2) is 182 Å². The van der Waals surface area contributed by atoms with Gasteiger partial charge >= 0.3 is 21.1 Å². The standard InChI is InChI=1S/C47H30N2.Pt/c1-3-14-33(15-4-1)35-25-27-49-46(32-35)36-18-13-19-39(29-36)47(43-22-9-7-20-41(43)42-21-8-10-23-44(42)47)40-30-37(34-16-5-2-6-17-34)28-38(31-40)45-24-11-12-26-48-45;/h1-28,30,32H;/q-2;+2. The first-order chi connectivity index (χ1) is 24.3. The van der Waals surface area contributed by atoms with E-state index in [-0.39, 0.29) is 21.1 Å². The Morgan fingerprint density at radius 2 is 0.980 bits per heavy atom. The van der Waals surface area contributed by atoms with Crippen molar-refractivity contribution < 1.29 is 21.1 Å². The van der Waals surface area contributed by atoms with Crippen LogP contribution in [-0.4, -0.2) is 9.97 Å². The number of hydrogen-bond acceptors (Lipinski definition) is 2. The molecule has 0 saturated heterocycles. The van der Waals surface area contributed by atoms with E-state index in [1.807, 2.05) is 30.6 Å². The fourth-order valence-corrected chi connectivity index (χ4v) is 7.41. The van der Waals surface area contributed by atoms with Crippen LogP contribution in [0.25, 0.3) is 55.9 Å². The van der Waals surface area contributed by atoms with Gasteiger partial charge < -0.3 is 9.97 Å². The Hall–Kier alpha value is -5.69. The van der Waals surface area contributed by atoms with Crippen LogP contribution in [0.2, 0.25) is 0 Å². The predicted octanol–water partition coefficient (Wildman–Crippen LogP) is 11.1. The summed E-state index contributed by atoms with van der Waals surface area (Å²) >= 11 is 0. The zero-order chi connectivity index (χ0) is 32.6. The number of benzene rings is 6. The smallest absolute Gasteiger partial charge is 0.305 e. The number of fused-ring (bicyclic) bond motifs is 3. The second kappa shape index (κ2) is 13.3. The zero-order valence-corrected chi connectivity index (χ0v) is 29.3. The van der Waals surface area contributed by atoms with Gasteiger partial charge in [0.2, 0.25) is 0 Å². The molecule has 0 bridgehead atoms. The molecule has 3 heteroatoms. The number of rotatable bonds is 6. The first-order valence-corrected chi connectivity index (χ1v) is 16.6. The summed E-state index contributed by atoms with van der Waals surface area (Å²) in [5.74, 6) is 0. The van der Waals surface area contributed by atoms with Crippen molar-refractivity contribution >= 4 is 0 Å². The Labute approximate surface area is 307 Å². The fourth-order valence-electron chi connectivity index (χ4n) is 7.41. The van der Waals surface area contributed by atoms with Crippen molar-refractivity contribution in [2.75, 3.05) is 0 Å². The van der Waals surface area contributed by atoms with Crippen molar-refractivity contribution in [2.24, 2.45) is 0 Å². The van der Waals surface area contributed by atoms with E-state index in [1.54, 1.807) is 0 Å². The van der Waals surface area contributed by atoms with E-state index in [4.69, 9.17) is 9.97 Å². The van der Waals surface area contributed by atoms with Crippen molar-refractivity contribution in [3.63, 3.8) is 0 Å². The third kappa shape index (κ3) is 5.34. The summed E-state index contributed by atoms with van der Waals surface area (Å²) in [4.78, 5) is 9.62. The molecule has 0 atom stereocenters. The van der Waals surface area contributed by atoms with E-state index in [1.165, 1.54) is 22.3 Å². The first kappa shape index (κ1) is 31.6. The summed E-state index contributed by atoms with van der Waals surface area (Å²) in [5, 5.41) is 0. The van der Waals surface area contributed by atoms with Crippen LogP contribution in [0.3, 0.4) is 0 Å². The number of nitrogens with zero attached hydrogens (tertiary/aromatic N) is 2. The number of pyridine rings is 2. The maximum atomic E-state index is 4.85. The average Bonchev–Trinajstić information content (AvgIpc) is 3.50. The minimum atomic E-state index is -0.700. The van der Waals surface area contributed by atoms with Gasteiger partial charge in [0.25, 0.3) is 0 Å². The summed E-state index contributed by atoms with van der Waals surface area (Å²) in [7, 11) is 0. The summed E-state index contributed by atoms with van der Waals surface area (Å²) in [6.07, 6.45) is 3.74. The molecule has 0 fully saturated rings. The van der Waals surface area contributed by atoms with E-state index in [0.717, 1.165) is 55.9 Å². The molecule has 0 radical (unpaired) electrons. The van der Waals surface area contributed by atoms with Crippen LogP contribution in [0.1, 0.15) is 22.3 Å². The molecule has 6 aromatic carbocycles. The van der Waals surface area contributed by atoms with E-state index in [2.05, 4.69) is 164 Å². The molecule has 0 saturated carbocycles. The molecule has 8 aromatic rings. The molecule has 0 aliphatic heterocycles. The Balaban J connectivity index is 0.00000361. The summed E-state index contributed by atoms with van der Waals surface area (Å²) in [6.45, 7) is 0. The molecule has 0 spiro atoms. The molecule has 9 rings (SSSR count). The maximum absolute atomic E-state index is 4.85. The molecule has 0 N–H and O–H groups in total. The van der Waals surface area contributed by atoms with Gasteiger partial charge in [-0.05, 0) is 62.5 Å². The Morgan fingerprint density at radius 3 is 1.66 bits per heavy atom. The predicted molar refractivity (Wildman–Crippen MR) is 199 cm³/mol. The first-order valence-electron chi connectivity index (χ1n) is 16.6. The van der Waals surface area contributed by atoms with Crippen LogP contribution < -0.4 is 0 Å². The van der Waals surface area contributed by atoms with Gasteiger partial charge in [-0.3, -0.25) is 0 Å². The molecular formula is C47H30N2Pt. The van der Waals surface area contributed by atoms with Crippen LogP contribution >= 0.6 is 0 Å². The molecule has 1 aliphatic rings. The molecule has 0 unspecified atom stereocenters. The minimum absolute atomic E-state index is 0. The van der Waals surface area contributed by atoms with Gasteiger partial charge in [-0.25, -0.2) is 0 Å². The second-order valence-electron chi connectivity index (χ2n) is 12.4. The average molecular weight is 818 g/mol. The SMILES string of the molecule is [Pt+2].[c-]1c(-c2cc(-c3ccccc3)ccn2)cccc1C1(c2[c-]c(-c3ccccn3)cc(-c3ccccc3)c2)c2ccccc2-c2ccccc21. The van der Waals surface area contributed by atoms with Crippen molar-refractivity contribution in [1.29, 1.82) is 0 Å². The Kier molecular flexibility index (Phi) is 8.41. The molecule has 238 valence electrons. The van der Waals surface area contributed by atoms with Crippen LogP contribution in [0, 0.1) is 12.1 Å². The minimum Gasteiger partial charge on any atom is -0.305 e. The van der Waals surface area contributed by atoms with Gasteiger partial charge in [0.1, 0.15) is 0 Å². The fraction of sp³-hybridized carbons (Fsp3) is 0.0213. The van der Waals surface area contributed by atoms with Crippen molar-refractivity contribution in [3.05, 3.63) is 217 Å². The van der Waals surface area contributed by atoms with Crippen LogP contribution in [0.5, 0.6) is 0 Å². The molecule has 2 aromatic heterocycles. The van der Waals surface area contributed by atoms with Crippen molar-refractivity contribution in [2.45, 2.75) is 5.41 Å². The van der Waals surface area contributed by atoms with E-state index in [9.17, 15) is 0 Å². The number of hydrogen-bond donors (Lipinski definition) is 0. The van der Waals surface area contributed by atoms with E-state index >= 15 is 0 Å². The van der Waals surface area contributed by atoms with E-state index in [0.29, 0.717) is 0 Å². The maximum Gasteiger partial charge on any atom is 2.00 e. The second-order valence-corrected chi connectivity index (χ2v) is 12.4. The molecule has 0 amide bonds. The number of aromatic nitrogens is 2. The van der Waals surface area contributed by atoms with Crippen LogP contribution in [0.4, 0.5) is 0 Å². The van der Waals surface area contributed by atoms with Gasteiger partial charge in [-0.1, -0.05) is 127 Å². The van der Waals surface area contributed by atoms with Gasteiger partial charge in [0, 0.05) is 17.8 Å². The van der Waals surface area contributed by atoms with Crippen molar-refractivity contribution in [1.82, 2.24) is 9.97 Å². The Morgan fingerprint density at radius 1 is 0.380 bits per heavy atom. The monoisotopic (exact) mass is 817 g/mol. The topological polar surface area (TPSA) is 25.8 Å². The summed E-state index contributed by atoms with van der Waals surface area (Å²) < 4.78 is 0. The molecule has 50 heavy (non-hydrogen) atoms. The normalized spacial score (nSPS) is 12.4. The Bertz CT molecular complexity index is 2340. The largest absolute Gasteiger partial charge is 2.00 e. The molecular weight excluding hydrogens is 788 g/mol.